The van der Waals surface area contributed by atoms with E-state index >= 15 is 0 Å². The highest BCUT2D eigenvalue weighted by atomic mass is 35.5. The van der Waals surface area contributed by atoms with Crippen LogP contribution in [0.25, 0.3) is 6.08 Å². The van der Waals surface area contributed by atoms with E-state index in [2.05, 4.69) is 5.32 Å². The first-order chi connectivity index (χ1) is 12.9. The zero-order valence-electron chi connectivity index (χ0n) is 14.5. The summed E-state index contributed by atoms with van der Waals surface area (Å²) in [5, 5.41) is 3.70. The van der Waals surface area contributed by atoms with E-state index in [9.17, 15) is 9.59 Å². The SMILES string of the molecule is C[C@H](NC(=O)COC(=O)C1=Cc2ccccc2OC1)c1ccc(Cl)cc1Cl. The third kappa shape index (κ3) is 4.81. The van der Waals surface area contributed by atoms with Gasteiger partial charge in [-0.3, -0.25) is 4.79 Å². The van der Waals surface area contributed by atoms with Crippen LogP contribution in [-0.4, -0.2) is 25.1 Å². The highest BCUT2D eigenvalue weighted by Gasteiger charge is 2.20. The van der Waals surface area contributed by atoms with Gasteiger partial charge in [0.1, 0.15) is 12.4 Å². The second-order valence-corrected chi connectivity index (χ2v) is 6.87. The summed E-state index contributed by atoms with van der Waals surface area (Å²) in [6.07, 6.45) is 1.70. The van der Waals surface area contributed by atoms with Crippen molar-refractivity contribution in [2.75, 3.05) is 13.2 Å². The lowest BCUT2D eigenvalue weighted by Gasteiger charge is -2.18. The summed E-state index contributed by atoms with van der Waals surface area (Å²) in [5.74, 6) is -0.308. The van der Waals surface area contributed by atoms with Crippen molar-refractivity contribution in [3.8, 4) is 5.75 Å². The second kappa shape index (κ2) is 8.46. The predicted octanol–water partition coefficient (Wildman–Crippen LogP) is 4.19. The first kappa shape index (κ1) is 19.3. The van der Waals surface area contributed by atoms with Gasteiger partial charge in [-0.2, -0.15) is 0 Å². The maximum absolute atomic E-state index is 12.2. The van der Waals surface area contributed by atoms with E-state index in [1.54, 1.807) is 31.2 Å². The molecule has 3 rings (SSSR count). The standard InChI is InChI=1S/C20H17Cl2NO4/c1-12(16-7-6-15(21)9-17(16)22)23-19(24)11-27-20(25)14-8-13-4-2-3-5-18(13)26-10-14/h2-9,12H,10-11H2,1H3,(H,23,24)/t12-/m0/s1. The Morgan fingerprint density at radius 3 is 2.78 bits per heavy atom. The lowest BCUT2D eigenvalue weighted by atomic mass is 10.1. The summed E-state index contributed by atoms with van der Waals surface area (Å²) in [4.78, 5) is 24.3. The van der Waals surface area contributed by atoms with Crippen molar-refractivity contribution in [1.82, 2.24) is 5.32 Å². The Hall–Kier alpha value is -2.50. The summed E-state index contributed by atoms with van der Waals surface area (Å²) in [6.45, 7) is 1.49. The van der Waals surface area contributed by atoms with E-state index in [4.69, 9.17) is 32.7 Å². The van der Waals surface area contributed by atoms with Gasteiger partial charge in [0.2, 0.25) is 0 Å². The highest BCUT2D eigenvalue weighted by molar-refractivity contribution is 6.35. The number of amides is 1. The Morgan fingerprint density at radius 1 is 1.22 bits per heavy atom. The number of rotatable bonds is 5. The van der Waals surface area contributed by atoms with Crippen molar-refractivity contribution in [2.45, 2.75) is 13.0 Å². The Bertz CT molecular complexity index is 911. The molecular formula is C20H17Cl2NO4. The molecule has 0 aromatic heterocycles. The van der Waals surface area contributed by atoms with E-state index in [0.29, 0.717) is 21.4 Å². The minimum absolute atomic E-state index is 0.105. The number of ether oxygens (including phenoxy) is 2. The average molecular weight is 406 g/mol. The molecule has 0 bridgehead atoms. The van der Waals surface area contributed by atoms with Crippen LogP contribution in [-0.2, 0) is 14.3 Å². The summed E-state index contributed by atoms with van der Waals surface area (Å²) in [6, 6.07) is 12.1. The van der Waals surface area contributed by atoms with Gasteiger partial charge in [0, 0.05) is 15.6 Å². The minimum atomic E-state index is -0.586. The number of carbonyl (C=O) groups excluding carboxylic acids is 2. The fourth-order valence-corrected chi connectivity index (χ4v) is 3.24. The van der Waals surface area contributed by atoms with Crippen LogP contribution in [0.4, 0.5) is 0 Å². The van der Waals surface area contributed by atoms with E-state index in [1.807, 2.05) is 24.3 Å². The van der Waals surface area contributed by atoms with Crippen molar-refractivity contribution in [2.24, 2.45) is 0 Å². The predicted molar refractivity (Wildman–Crippen MR) is 104 cm³/mol. The largest absolute Gasteiger partial charge is 0.488 e. The third-order valence-corrected chi connectivity index (χ3v) is 4.60. The molecule has 5 nitrogen and oxygen atoms in total. The molecule has 27 heavy (non-hydrogen) atoms. The van der Waals surface area contributed by atoms with Gasteiger partial charge in [-0.1, -0.05) is 47.5 Å². The molecule has 0 aliphatic carbocycles. The number of benzene rings is 2. The monoisotopic (exact) mass is 405 g/mol. The summed E-state index contributed by atoms with van der Waals surface area (Å²) >= 11 is 12.0. The molecule has 140 valence electrons. The van der Waals surface area contributed by atoms with Gasteiger partial charge < -0.3 is 14.8 Å². The van der Waals surface area contributed by atoms with Crippen molar-refractivity contribution >= 4 is 41.2 Å². The number of carbonyl (C=O) groups is 2. The Balaban J connectivity index is 1.55. The van der Waals surface area contributed by atoms with E-state index in [-0.39, 0.29) is 12.6 Å². The van der Waals surface area contributed by atoms with Crippen LogP contribution in [0.15, 0.2) is 48.0 Å². The summed E-state index contributed by atoms with van der Waals surface area (Å²) in [5.41, 5.74) is 1.88. The van der Waals surface area contributed by atoms with Crippen molar-refractivity contribution < 1.29 is 19.1 Å². The Kier molecular flexibility index (Phi) is 6.04. The van der Waals surface area contributed by atoms with Gasteiger partial charge in [-0.05, 0) is 36.8 Å². The molecule has 0 spiro atoms. The van der Waals surface area contributed by atoms with E-state index in [0.717, 1.165) is 11.1 Å². The second-order valence-electron chi connectivity index (χ2n) is 6.03. The molecule has 1 N–H and O–H groups in total. The summed E-state index contributed by atoms with van der Waals surface area (Å²) < 4.78 is 10.6. The first-order valence-corrected chi connectivity index (χ1v) is 9.03. The Morgan fingerprint density at radius 2 is 2.00 bits per heavy atom. The van der Waals surface area contributed by atoms with E-state index < -0.39 is 18.5 Å². The first-order valence-electron chi connectivity index (χ1n) is 8.28. The molecule has 2 aromatic rings. The zero-order valence-corrected chi connectivity index (χ0v) is 16.0. The van der Waals surface area contributed by atoms with Gasteiger partial charge in [-0.15, -0.1) is 0 Å². The molecular weight excluding hydrogens is 389 g/mol. The number of hydrogen-bond acceptors (Lipinski definition) is 4. The highest BCUT2D eigenvalue weighted by Crippen LogP contribution is 2.27. The molecule has 1 aliphatic heterocycles. The fraction of sp³-hybridized carbons (Fsp3) is 0.200. The number of hydrogen-bond donors (Lipinski definition) is 1. The molecule has 2 aromatic carbocycles. The average Bonchev–Trinajstić information content (AvgIpc) is 2.65. The third-order valence-electron chi connectivity index (χ3n) is 4.03. The molecule has 1 aliphatic rings. The smallest absolute Gasteiger partial charge is 0.338 e. The van der Waals surface area contributed by atoms with Crippen molar-refractivity contribution in [1.29, 1.82) is 0 Å². The molecule has 0 saturated heterocycles. The molecule has 0 fully saturated rings. The van der Waals surface area contributed by atoms with E-state index in [1.165, 1.54) is 0 Å². The van der Waals surface area contributed by atoms with Gasteiger partial charge in [0.25, 0.3) is 5.91 Å². The van der Waals surface area contributed by atoms with Gasteiger partial charge >= 0.3 is 5.97 Å². The topological polar surface area (TPSA) is 64.6 Å². The van der Waals surface area contributed by atoms with Crippen LogP contribution < -0.4 is 10.1 Å². The van der Waals surface area contributed by atoms with Gasteiger partial charge in [0.15, 0.2) is 6.61 Å². The number of fused-ring (bicyclic) bond motifs is 1. The summed E-state index contributed by atoms with van der Waals surface area (Å²) in [7, 11) is 0. The van der Waals surface area contributed by atoms with Crippen LogP contribution >= 0.6 is 23.2 Å². The Labute approximate surface area is 166 Å². The van der Waals surface area contributed by atoms with Gasteiger partial charge in [0.05, 0.1) is 11.6 Å². The van der Waals surface area contributed by atoms with Crippen molar-refractivity contribution in [3.63, 3.8) is 0 Å². The quantitative estimate of drug-likeness (QED) is 0.757. The zero-order chi connectivity index (χ0) is 19.4. The molecule has 1 heterocycles. The lowest BCUT2D eigenvalue weighted by molar-refractivity contribution is -0.145. The van der Waals surface area contributed by atoms with Crippen LogP contribution in [0.3, 0.4) is 0 Å². The molecule has 0 saturated carbocycles. The van der Waals surface area contributed by atoms with Crippen LogP contribution in [0, 0.1) is 0 Å². The van der Waals surface area contributed by atoms with Crippen molar-refractivity contribution in [3.05, 3.63) is 69.2 Å². The molecule has 1 amide bonds. The van der Waals surface area contributed by atoms with Crippen LogP contribution in [0.5, 0.6) is 5.75 Å². The van der Waals surface area contributed by atoms with Gasteiger partial charge in [-0.25, -0.2) is 4.79 Å². The molecule has 1 atom stereocenters. The van der Waals surface area contributed by atoms with Crippen LogP contribution in [0.2, 0.25) is 10.0 Å². The normalized spacial score (nSPS) is 13.7. The number of nitrogens with one attached hydrogen (secondary N) is 1. The van der Waals surface area contributed by atoms with Crippen LogP contribution in [0.1, 0.15) is 24.1 Å². The molecule has 0 unspecified atom stereocenters. The molecule has 0 radical (unpaired) electrons. The fourth-order valence-electron chi connectivity index (χ4n) is 2.67. The maximum Gasteiger partial charge on any atom is 0.338 e. The maximum atomic E-state index is 12.2. The number of esters is 1. The minimum Gasteiger partial charge on any atom is -0.488 e. The molecule has 7 heteroatoms. The number of halogens is 2. The lowest BCUT2D eigenvalue weighted by Crippen LogP contribution is -2.32. The number of para-hydroxylation sites is 1.